The lowest BCUT2D eigenvalue weighted by molar-refractivity contribution is -0.120. The SMILES string of the molecule is O=C(Cc1cccc(Cl)c1)NCc1nnc2n1CCCCC2. The first-order valence-corrected chi connectivity index (χ1v) is 8.02. The number of amides is 1. The molecule has 1 aromatic heterocycles. The van der Waals surface area contributed by atoms with Crippen LogP contribution in [0.3, 0.4) is 0 Å². The molecular weight excluding hydrogens is 300 g/mol. The summed E-state index contributed by atoms with van der Waals surface area (Å²) in [7, 11) is 0. The highest BCUT2D eigenvalue weighted by Gasteiger charge is 2.15. The van der Waals surface area contributed by atoms with Gasteiger partial charge < -0.3 is 9.88 Å². The zero-order valence-corrected chi connectivity index (χ0v) is 13.1. The van der Waals surface area contributed by atoms with E-state index < -0.39 is 0 Å². The Morgan fingerprint density at radius 1 is 1.27 bits per heavy atom. The highest BCUT2D eigenvalue weighted by atomic mass is 35.5. The number of rotatable bonds is 4. The van der Waals surface area contributed by atoms with Gasteiger partial charge in [-0.05, 0) is 30.5 Å². The summed E-state index contributed by atoms with van der Waals surface area (Å²) in [6, 6.07) is 7.36. The maximum Gasteiger partial charge on any atom is 0.224 e. The number of hydrogen-bond acceptors (Lipinski definition) is 3. The number of aryl methyl sites for hydroxylation is 1. The van der Waals surface area contributed by atoms with Gasteiger partial charge in [0.2, 0.25) is 5.91 Å². The second kappa shape index (κ2) is 6.92. The van der Waals surface area contributed by atoms with E-state index in [9.17, 15) is 4.79 Å². The van der Waals surface area contributed by atoms with Crippen molar-refractivity contribution < 1.29 is 4.79 Å². The highest BCUT2D eigenvalue weighted by molar-refractivity contribution is 6.30. The number of fused-ring (bicyclic) bond motifs is 1. The molecule has 0 atom stereocenters. The Morgan fingerprint density at radius 2 is 2.18 bits per heavy atom. The van der Waals surface area contributed by atoms with Crippen molar-refractivity contribution in [3.05, 3.63) is 46.5 Å². The minimum absolute atomic E-state index is 0.0340. The maximum absolute atomic E-state index is 12.0. The Labute approximate surface area is 134 Å². The molecule has 1 N–H and O–H groups in total. The second-order valence-corrected chi connectivity index (χ2v) is 6.01. The number of carbonyl (C=O) groups is 1. The van der Waals surface area contributed by atoms with E-state index in [4.69, 9.17) is 11.6 Å². The minimum Gasteiger partial charge on any atom is -0.349 e. The van der Waals surface area contributed by atoms with E-state index in [0.717, 1.165) is 36.6 Å². The van der Waals surface area contributed by atoms with Crippen molar-refractivity contribution in [2.75, 3.05) is 0 Å². The third-order valence-corrected chi connectivity index (χ3v) is 4.12. The Bertz CT molecular complexity index is 668. The summed E-state index contributed by atoms with van der Waals surface area (Å²) in [5, 5.41) is 12.0. The van der Waals surface area contributed by atoms with Crippen molar-refractivity contribution in [2.24, 2.45) is 0 Å². The Kier molecular flexibility index (Phi) is 4.73. The molecule has 0 fully saturated rings. The molecule has 22 heavy (non-hydrogen) atoms. The third kappa shape index (κ3) is 3.65. The van der Waals surface area contributed by atoms with Gasteiger partial charge in [-0.1, -0.05) is 30.2 Å². The van der Waals surface area contributed by atoms with Gasteiger partial charge in [0.05, 0.1) is 13.0 Å². The van der Waals surface area contributed by atoms with Crippen LogP contribution in [0.2, 0.25) is 5.02 Å². The number of aromatic nitrogens is 3. The summed E-state index contributed by atoms with van der Waals surface area (Å²) in [6.07, 6.45) is 4.84. The Hall–Kier alpha value is -1.88. The van der Waals surface area contributed by atoms with Crippen molar-refractivity contribution in [3.63, 3.8) is 0 Å². The lowest BCUT2D eigenvalue weighted by atomic mass is 10.1. The molecule has 1 amide bonds. The van der Waals surface area contributed by atoms with Crippen molar-refractivity contribution in [1.29, 1.82) is 0 Å². The van der Waals surface area contributed by atoms with Gasteiger partial charge in [0, 0.05) is 18.0 Å². The first-order chi connectivity index (χ1) is 10.7. The summed E-state index contributed by atoms with van der Waals surface area (Å²) < 4.78 is 2.15. The molecule has 0 unspecified atom stereocenters. The lowest BCUT2D eigenvalue weighted by Crippen LogP contribution is -2.26. The summed E-state index contributed by atoms with van der Waals surface area (Å²) >= 11 is 5.93. The predicted molar refractivity (Wildman–Crippen MR) is 84.6 cm³/mol. The van der Waals surface area contributed by atoms with Crippen molar-refractivity contribution >= 4 is 17.5 Å². The van der Waals surface area contributed by atoms with Gasteiger partial charge in [-0.2, -0.15) is 0 Å². The molecule has 116 valence electrons. The van der Waals surface area contributed by atoms with Gasteiger partial charge in [-0.3, -0.25) is 4.79 Å². The molecule has 0 bridgehead atoms. The topological polar surface area (TPSA) is 59.8 Å². The van der Waals surface area contributed by atoms with Gasteiger partial charge in [0.15, 0.2) is 5.82 Å². The fourth-order valence-corrected chi connectivity index (χ4v) is 2.96. The van der Waals surface area contributed by atoms with E-state index in [1.54, 1.807) is 6.07 Å². The average molecular weight is 319 g/mol. The van der Waals surface area contributed by atoms with Gasteiger partial charge in [-0.15, -0.1) is 10.2 Å². The van der Waals surface area contributed by atoms with Crippen LogP contribution in [0.15, 0.2) is 24.3 Å². The number of halogens is 1. The molecule has 2 heterocycles. The monoisotopic (exact) mass is 318 g/mol. The largest absolute Gasteiger partial charge is 0.349 e. The van der Waals surface area contributed by atoms with E-state index in [-0.39, 0.29) is 5.91 Å². The van der Waals surface area contributed by atoms with E-state index in [0.29, 0.717) is 18.0 Å². The summed E-state index contributed by atoms with van der Waals surface area (Å²) in [6.45, 7) is 1.37. The molecule has 6 heteroatoms. The van der Waals surface area contributed by atoms with E-state index in [1.807, 2.05) is 18.2 Å². The first kappa shape index (κ1) is 15.0. The molecule has 0 radical (unpaired) electrons. The molecule has 0 saturated carbocycles. The summed E-state index contributed by atoms with van der Waals surface area (Å²) in [5.74, 6) is 1.85. The van der Waals surface area contributed by atoms with Crippen LogP contribution in [-0.4, -0.2) is 20.7 Å². The minimum atomic E-state index is -0.0340. The number of carbonyl (C=O) groups excluding carboxylic acids is 1. The average Bonchev–Trinajstić information content (AvgIpc) is 2.72. The molecule has 1 aliphatic rings. The van der Waals surface area contributed by atoms with Crippen molar-refractivity contribution in [3.8, 4) is 0 Å². The number of benzene rings is 1. The van der Waals surface area contributed by atoms with Crippen LogP contribution in [-0.2, 0) is 30.7 Å². The van der Waals surface area contributed by atoms with E-state index in [1.165, 1.54) is 12.8 Å². The lowest BCUT2D eigenvalue weighted by Gasteiger charge is -2.08. The molecule has 1 aromatic carbocycles. The van der Waals surface area contributed by atoms with Gasteiger partial charge in [0.1, 0.15) is 5.82 Å². The molecule has 5 nitrogen and oxygen atoms in total. The fourth-order valence-electron chi connectivity index (χ4n) is 2.75. The van der Waals surface area contributed by atoms with Crippen LogP contribution in [0.5, 0.6) is 0 Å². The molecule has 3 rings (SSSR count). The molecular formula is C16H19ClN4O. The fraction of sp³-hybridized carbons (Fsp3) is 0.438. The van der Waals surface area contributed by atoms with Crippen LogP contribution in [0.4, 0.5) is 0 Å². The summed E-state index contributed by atoms with van der Waals surface area (Å²) in [5.41, 5.74) is 0.907. The van der Waals surface area contributed by atoms with Crippen LogP contribution in [0.1, 0.15) is 36.5 Å². The number of hydrogen-bond donors (Lipinski definition) is 1. The van der Waals surface area contributed by atoms with Crippen LogP contribution in [0.25, 0.3) is 0 Å². The van der Waals surface area contributed by atoms with Crippen LogP contribution in [0, 0.1) is 0 Å². The molecule has 1 aliphatic heterocycles. The van der Waals surface area contributed by atoms with E-state index >= 15 is 0 Å². The Morgan fingerprint density at radius 3 is 3.05 bits per heavy atom. The zero-order valence-electron chi connectivity index (χ0n) is 12.4. The maximum atomic E-state index is 12.0. The van der Waals surface area contributed by atoms with Gasteiger partial charge in [-0.25, -0.2) is 0 Å². The molecule has 0 aliphatic carbocycles. The highest BCUT2D eigenvalue weighted by Crippen LogP contribution is 2.14. The quantitative estimate of drug-likeness (QED) is 0.942. The smallest absolute Gasteiger partial charge is 0.224 e. The number of nitrogens with zero attached hydrogens (tertiary/aromatic N) is 3. The third-order valence-electron chi connectivity index (χ3n) is 3.88. The first-order valence-electron chi connectivity index (χ1n) is 7.64. The molecule has 0 saturated heterocycles. The second-order valence-electron chi connectivity index (χ2n) is 5.58. The van der Waals surface area contributed by atoms with Crippen molar-refractivity contribution in [1.82, 2.24) is 20.1 Å². The standard InChI is InChI=1S/C16H19ClN4O/c17-13-6-4-5-12(9-13)10-16(22)18-11-15-20-19-14-7-2-1-3-8-21(14)15/h4-6,9H,1-3,7-8,10-11H2,(H,18,22). The van der Waals surface area contributed by atoms with Gasteiger partial charge in [0.25, 0.3) is 0 Å². The van der Waals surface area contributed by atoms with Crippen LogP contribution < -0.4 is 5.32 Å². The molecule has 2 aromatic rings. The number of nitrogens with one attached hydrogen (secondary N) is 1. The molecule has 0 spiro atoms. The van der Waals surface area contributed by atoms with Crippen molar-refractivity contribution in [2.45, 2.75) is 45.2 Å². The van der Waals surface area contributed by atoms with Gasteiger partial charge >= 0.3 is 0 Å². The van der Waals surface area contributed by atoms with Crippen LogP contribution >= 0.6 is 11.6 Å². The summed E-state index contributed by atoms with van der Waals surface area (Å²) in [4.78, 5) is 12.0. The normalized spacial score (nSPS) is 14.2. The van der Waals surface area contributed by atoms with E-state index in [2.05, 4.69) is 20.1 Å². The zero-order chi connectivity index (χ0) is 15.4. The predicted octanol–water partition coefficient (Wildman–Crippen LogP) is 2.52. The Balaban J connectivity index is 1.58.